The van der Waals surface area contributed by atoms with Crippen LogP contribution in [0.4, 0.5) is 0 Å². The van der Waals surface area contributed by atoms with Gasteiger partial charge in [0, 0.05) is 30.6 Å². The predicted octanol–water partition coefficient (Wildman–Crippen LogP) is 3.32. The lowest BCUT2D eigenvalue weighted by Crippen LogP contribution is -2.37. The van der Waals surface area contributed by atoms with Gasteiger partial charge in [-0.1, -0.05) is 5.16 Å². The molecule has 4 aromatic heterocycles. The van der Waals surface area contributed by atoms with Gasteiger partial charge in [-0.2, -0.15) is 4.98 Å². The summed E-state index contributed by atoms with van der Waals surface area (Å²) in [5.41, 5.74) is 1.01. The third-order valence-electron chi connectivity index (χ3n) is 4.63. The number of carbonyl (C=O) groups is 1. The Bertz CT molecular complexity index is 1070. The molecule has 4 aromatic rings. The first kappa shape index (κ1) is 15.0. The molecular weight excluding hydrogens is 358 g/mol. The van der Waals surface area contributed by atoms with Crippen LogP contribution in [-0.4, -0.2) is 43.4 Å². The summed E-state index contributed by atoms with van der Waals surface area (Å²) in [6, 6.07) is 1.96. The second-order valence-electron chi connectivity index (χ2n) is 6.21. The van der Waals surface area contributed by atoms with Crippen molar-refractivity contribution in [2.45, 2.75) is 25.7 Å². The number of fused-ring (bicyclic) bond motifs is 3. The van der Waals surface area contributed by atoms with E-state index in [1.165, 1.54) is 11.3 Å². The number of nitrogens with zero attached hydrogens (tertiary/aromatic N) is 5. The quantitative estimate of drug-likeness (QED) is 0.539. The summed E-state index contributed by atoms with van der Waals surface area (Å²) in [5.74, 6) is 1.69. The molecule has 0 spiro atoms. The van der Waals surface area contributed by atoms with Crippen LogP contribution < -0.4 is 0 Å². The summed E-state index contributed by atoms with van der Waals surface area (Å²) < 4.78 is 7.31. The first-order valence-electron chi connectivity index (χ1n) is 8.13. The molecule has 5 heterocycles. The molecule has 7 nitrogen and oxygen atoms in total. The normalized spacial score (nSPS) is 16.3. The molecule has 0 aliphatic carbocycles. The van der Waals surface area contributed by atoms with Crippen molar-refractivity contribution in [2.75, 3.05) is 13.1 Å². The molecule has 1 saturated heterocycles. The van der Waals surface area contributed by atoms with Crippen molar-refractivity contribution in [3.05, 3.63) is 34.2 Å². The standard InChI is InChI=1S/C16H15N5O2S2/c1-9-17-13(23-19-9)10-2-4-20(5-3-10)15(22)12-8-11-14(25-12)18-16-21(11)6-7-24-16/h6-8,10H,2-5H2,1H3. The zero-order valence-corrected chi connectivity index (χ0v) is 15.1. The van der Waals surface area contributed by atoms with E-state index in [0.717, 1.165) is 33.0 Å². The monoisotopic (exact) mass is 373 g/mol. The highest BCUT2D eigenvalue weighted by atomic mass is 32.1. The van der Waals surface area contributed by atoms with Crippen molar-refractivity contribution in [3.63, 3.8) is 0 Å². The molecule has 0 saturated carbocycles. The lowest BCUT2D eigenvalue weighted by Gasteiger charge is -2.30. The number of thiazole rings is 1. The van der Waals surface area contributed by atoms with E-state index in [2.05, 4.69) is 15.1 Å². The van der Waals surface area contributed by atoms with Gasteiger partial charge in [0.15, 0.2) is 10.8 Å². The molecule has 0 radical (unpaired) electrons. The van der Waals surface area contributed by atoms with E-state index in [9.17, 15) is 4.79 Å². The molecule has 5 rings (SSSR count). The Hall–Kier alpha value is -2.26. The average molecular weight is 373 g/mol. The van der Waals surface area contributed by atoms with Crippen LogP contribution in [0.5, 0.6) is 0 Å². The first-order valence-corrected chi connectivity index (χ1v) is 9.83. The van der Waals surface area contributed by atoms with Crippen molar-refractivity contribution >= 4 is 43.9 Å². The zero-order valence-electron chi connectivity index (χ0n) is 13.5. The van der Waals surface area contributed by atoms with Gasteiger partial charge in [-0.25, -0.2) is 4.98 Å². The highest BCUT2D eigenvalue weighted by Gasteiger charge is 2.28. The number of amides is 1. The number of piperidine rings is 1. The van der Waals surface area contributed by atoms with E-state index in [4.69, 9.17) is 4.52 Å². The van der Waals surface area contributed by atoms with Crippen LogP contribution in [0.25, 0.3) is 15.3 Å². The minimum Gasteiger partial charge on any atom is -0.339 e. The maximum absolute atomic E-state index is 12.8. The van der Waals surface area contributed by atoms with Crippen LogP contribution in [0.2, 0.25) is 0 Å². The largest absolute Gasteiger partial charge is 0.339 e. The number of hydrogen-bond donors (Lipinski definition) is 0. The summed E-state index contributed by atoms with van der Waals surface area (Å²) in [7, 11) is 0. The maximum Gasteiger partial charge on any atom is 0.264 e. The van der Waals surface area contributed by atoms with Crippen LogP contribution in [0.3, 0.4) is 0 Å². The molecule has 25 heavy (non-hydrogen) atoms. The molecular formula is C16H15N5O2S2. The maximum atomic E-state index is 12.8. The minimum absolute atomic E-state index is 0.0899. The molecule has 9 heteroatoms. The molecule has 1 aliphatic rings. The van der Waals surface area contributed by atoms with Crippen molar-refractivity contribution < 1.29 is 9.32 Å². The topological polar surface area (TPSA) is 76.5 Å². The highest BCUT2D eigenvalue weighted by molar-refractivity contribution is 7.21. The van der Waals surface area contributed by atoms with Gasteiger partial charge in [0.1, 0.15) is 4.83 Å². The fraction of sp³-hybridized carbons (Fsp3) is 0.375. The van der Waals surface area contributed by atoms with Crippen molar-refractivity contribution in [3.8, 4) is 0 Å². The van der Waals surface area contributed by atoms with Gasteiger partial charge in [0.2, 0.25) is 5.89 Å². The van der Waals surface area contributed by atoms with Crippen LogP contribution in [0.15, 0.2) is 22.2 Å². The molecule has 1 amide bonds. The van der Waals surface area contributed by atoms with E-state index >= 15 is 0 Å². The number of thiophene rings is 1. The number of imidazole rings is 1. The van der Waals surface area contributed by atoms with E-state index in [0.29, 0.717) is 24.8 Å². The summed E-state index contributed by atoms with van der Waals surface area (Å²) in [6.45, 7) is 3.24. The number of aromatic nitrogens is 4. The lowest BCUT2D eigenvalue weighted by molar-refractivity contribution is 0.0709. The SMILES string of the molecule is Cc1noc(C2CCN(C(=O)c3cc4c(nc5sccn54)s3)CC2)n1. The summed E-state index contributed by atoms with van der Waals surface area (Å²) in [6.07, 6.45) is 3.70. The summed E-state index contributed by atoms with van der Waals surface area (Å²) >= 11 is 3.08. The van der Waals surface area contributed by atoms with Crippen LogP contribution in [-0.2, 0) is 0 Å². The molecule has 0 bridgehead atoms. The van der Waals surface area contributed by atoms with E-state index in [-0.39, 0.29) is 11.8 Å². The van der Waals surface area contributed by atoms with Gasteiger partial charge >= 0.3 is 0 Å². The molecule has 0 aromatic carbocycles. The molecule has 0 unspecified atom stereocenters. The van der Waals surface area contributed by atoms with E-state index in [1.807, 2.05) is 33.9 Å². The molecule has 128 valence electrons. The predicted molar refractivity (Wildman–Crippen MR) is 95.4 cm³/mol. The molecule has 1 fully saturated rings. The van der Waals surface area contributed by atoms with Crippen molar-refractivity contribution in [1.82, 2.24) is 24.4 Å². The summed E-state index contributed by atoms with van der Waals surface area (Å²) in [4.78, 5) is 26.3. The van der Waals surface area contributed by atoms with Crippen molar-refractivity contribution in [2.24, 2.45) is 0 Å². The highest BCUT2D eigenvalue weighted by Crippen LogP contribution is 2.31. The first-order chi connectivity index (χ1) is 12.2. The minimum atomic E-state index is 0.0899. The average Bonchev–Trinajstić information content (AvgIpc) is 3.36. The molecule has 0 N–H and O–H groups in total. The van der Waals surface area contributed by atoms with Gasteiger partial charge in [-0.15, -0.1) is 22.7 Å². The van der Waals surface area contributed by atoms with Gasteiger partial charge in [0.05, 0.1) is 10.4 Å². The summed E-state index contributed by atoms with van der Waals surface area (Å²) in [5, 5.41) is 5.86. The second kappa shape index (κ2) is 5.63. The molecule has 0 atom stereocenters. The Labute approximate surface area is 150 Å². The Morgan fingerprint density at radius 2 is 2.16 bits per heavy atom. The fourth-order valence-corrected chi connectivity index (χ4v) is 5.09. The van der Waals surface area contributed by atoms with Crippen molar-refractivity contribution in [1.29, 1.82) is 0 Å². The molecule has 1 aliphatic heterocycles. The van der Waals surface area contributed by atoms with Gasteiger partial charge in [-0.3, -0.25) is 9.20 Å². The van der Waals surface area contributed by atoms with E-state index in [1.54, 1.807) is 11.3 Å². The number of rotatable bonds is 2. The third-order valence-corrected chi connectivity index (χ3v) is 6.39. The Kier molecular flexibility index (Phi) is 3.39. The smallest absolute Gasteiger partial charge is 0.264 e. The van der Waals surface area contributed by atoms with Gasteiger partial charge in [-0.05, 0) is 25.8 Å². The van der Waals surface area contributed by atoms with Gasteiger partial charge < -0.3 is 9.42 Å². The second-order valence-corrected chi connectivity index (χ2v) is 8.12. The fourth-order valence-electron chi connectivity index (χ4n) is 3.32. The van der Waals surface area contributed by atoms with Crippen LogP contribution in [0.1, 0.15) is 40.1 Å². The van der Waals surface area contributed by atoms with Crippen LogP contribution >= 0.6 is 22.7 Å². The van der Waals surface area contributed by atoms with E-state index < -0.39 is 0 Å². The zero-order chi connectivity index (χ0) is 17.0. The Morgan fingerprint density at radius 3 is 2.92 bits per heavy atom. The lowest BCUT2D eigenvalue weighted by atomic mass is 9.96. The number of likely N-dealkylation sites (tertiary alicyclic amines) is 1. The Morgan fingerprint density at radius 1 is 1.32 bits per heavy atom. The Balaban J connectivity index is 1.33. The third kappa shape index (κ3) is 2.46. The number of carbonyl (C=O) groups excluding carboxylic acids is 1. The van der Waals surface area contributed by atoms with Gasteiger partial charge in [0.25, 0.3) is 5.91 Å². The number of hydrogen-bond acceptors (Lipinski definition) is 7. The van der Waals surface area contributed by atoms with Crippen LogP contribution in [0, 0.1) is 6.92 Å². The number of aryl methyl sites for hydroxylation is 1.